The highest BCUT2D eigenvalue weighted by Gasteiger charge is 2.22. The maximum atomic E-state index is 12.0. The molecule has 0 aliphatic rings. The highest BCUT2D eigenvalue weighted by molar-refractivity contribution is 5.93. The molecule has 2 aromatic heterocycles. The fraction of sp³-hybridized carbons (Fsp3) is 0.538. The summed E-state index contributed by atoms with van der Waals surface area (Å²) in [5, 5.41) is 11.3. The SMILES string of the molecule is CC(C)(C)C(=O)Nc1nc2c(ncn2COCCO)c(=O)[nH]1. The normalized spacial score (nSPS) is 11.8. The number of aliphatic hydroxyl groups is 1. The number of H-pyrrole nitrogens is 1. The van der Waals surface area contributed by atoms with Crippen molar-refractivity contribution >= 4 is 23.0 Å². The summed E-state index contributed by atoms with van der Waals surface area (Å²) in [6.45, 7) is 5.42. The second-order valence-electron chi connectivity index (χ2n) is 5.77. The molecule has 120 valence electrons. The number of carbonyl (C=O) groups is 1. The van der Waals surface area contributed by atoms with Crippen molar-refractivity contribution < 1.29 is 14.6 Å². The van der Waals surface area contributed by atoms with E-state index in [0.29, 0.717) is 5.65 Å². The minimum absolute atomic E-state index is 0.0568. The quantitative estimate of drug-likeness (QED) is 0.672. The number of nitrogens with one attached hydrogen (secondary N) is 2. The molecular weight excluding hydrogens is 290 g/mol. The summed E-state index contributed by atoms with van der Waals surface area (Å²) < 4.78 is 6.70. The van der Waals surface area contributed by atoms with Crippen LogP contribution in [-0.2, 0) is 16.3 Å². The first-order chi connectivity index (χ1) is 10.3. The van der Waals surface area contributed by atoms with E-state index in [1.54, 1.807) is 20.8 Å². The standard InChI is InChI=1S/C13H19N5O4/c1-13(2,3)11(21)17-12-15-9-8(10(20)16-12)14-6-18(9)7-22-5-4-19/h6,19H,4-5,7H2,1-3H3,(H2,15,16,17,20,21). The van der Waals surface area contributed by atoms with Crippen LogP contribution < -0.4 is 10.9 Å². The number of hydrogen-bond acceptors (Lipinski definition) is 6. The predicted molar refractivity (Wildman–Crippen MR) is 79.3 cm³/mol. The number of aliphatic hydroxyl groups excluding tert-OH is 1. The van der Waals surface area contributed by atoms with Crippen LogP contribution in [0.2, 0.25) is 0 Å². The molecule has 2 heterocycles. The van der Waals surface area contributed by atoms with Gasteiger partial charge in [-0.3, -0.25) is 24.5 Å². The lowest BCUT2D eigenvalue weighted by Gasteiger charge is -2.16. The highest BCUT2D eigenvalue weighted by atomic mass is 16.5. The van der Waals surface area contributed by atoms with Gasteiger partial charge in [0.2, 0.25) is 11.9 Å². The van der Waals surface area contributed by atoms with Crippen LogP contribution in [0, 0.1) is 5.41 Å². The molecule has 0 fully saturated rings. The molecule has 1 amide bonds. The Morgan fingerprint density at radius 2 is 2.23 bits per heavy atom. The van der Waals surface area contributed by atoms with Gasteiger partial charge in [0.15, 0.2) is 11.2 Å². The maximum absolute atomic E-state index is 12.0. The third-order valence-electron chi connectivity index (χ3n) is 2.85. The number of rotatable bonds is 5. The third kappa shape index (κ3) is 3.49. The zero-order valence-corrected chi connectivity index (χ0v) is 12.7. The number of hydrogen-bond donors (Lipinski definition) is 3. The van der Waals surface area contributed by atoms with Gasteiger partial charge in [0.1, 0.15) is 6.73 Å². The number of aromatic nitrogens is 4. The molecule has 9 heteroatoms. The Bertz CT molecular complexity index is 728. The summed E-state index contributed by atoms with van der Waals surface area (Å²) >= 11 is 0. The molecule has 3 N–H and O–H groups in total. The van der Waals surface area contributed by atoms with Crippen LogP contribution in [0.1, 0.15) is 20.8 Å². The van der Waals surface area contributed by atoms with E-state index in [2.05, 4.69) is 20.3 Å². The number of fused-ring (bicyclic) bond motifs is 1. The van der Waals surface area contributed by atoms with Gasteiger partial charge in [-0.05, 0) is 0 Å². The Morgan fingerprint density at radius 3 is 2.86 bits per heavy atom. The number of amides is 1. The average molecular weight is 309 g/mol. The monoisotopic (exact) mass is 309 g/mol. The molecule has 0 aliphatic carbocycles. The van der Waals surface area contributed by atoms with Crippen molar-refractivity contribution in [3.63, 3.8) is 0 Å². The first-order valence-electron chi connectivity index (χ1n) is 6.78. The number of carbonyl (C=O) groups excluding carboxylic acids is 1. The van der Waals surface area contributed by atoms with Crippen molar-refractivity contribution in [2.45, 2.75) is 27.5 Å². The second-order valence-corrected chi connectivity index (χ2v) is 5.77. The Hall–Kier alpha value is -2.26. The van der Waals surface area contributed by atoms with Gasteiger partial charge in [-0.1, -0.05) is 20.8 Å². The van der Waals surface area contributed by atoms with E-state index >= 15 is 0 Å². The van der Waals surface area contributed by atoms with Gasteiger partial charge in [0.25, 0.3) is 5.56 Å². The summed E-state index contributed by atoms with van der Waals surface area (Å²) in [6, 6.07) is 0. The van der Waals surface area contributed by atoms with Crippen LogP contribution in [0.3, 0.4) is 0 Å². The van der Waals surface area contributed by atoms with Gasteiger partial charge in [-0.2, -0.15) is 4.98 Å². The van der Waals surface area contributed by atoms with Crippen LogP contribution in [0.5, 0.6) is 0 Å². The lowest BCUT2D eigenvalue weighted by molar-refractivity contribution is -0.123. The van der Waals surface area contributed by atoms with Crippen LogP contribution in [-0.4, -0.2) is 43.7 Å². The van der Waals surface area contributed by atoms with Crippen molar-refractivity contribution in [1.29, 1.82) is 0 Å². The van der Waals surface area contributed by atoms with Crippen molar-refractivity contribution in [3.8, 4) is 0 Å². The van der Waals surface area contributed by atoms with E-state index in [1.807, 2.05) is 0 Å². The zero-order chi connectivity index (χ0) is 16.3. The molecule has 0 saturated carbocycles. The zero-order valence-electron chi connectivity index (χ0n) is 12.7. The van der Waals surface area contributed by atoms with Crippen molar-refractivity contribution in [2.24, 2.45) is 5.41 Å². The summed E-state index contributed by atoms with van der Waals surface area (Å²) in [7, 11) is 0. The third-order valence-corrected chi connectivity index (χ3v) is 2.85. The topological polar surface area (TPSA) is 122 Å². The van der Waals surface area contributed by atoms with E-state index in [9.17, 15) is 9.59 Å². The molecule has 0 bridgehead atoms. The summed E-state index contributed by atoms with van der Waals surface area (Å²) in [5.41, 5.74) is -0.611. The van der Waals surface area contributed by atoms with Gasteiger partial charge in [0.05, 0.1) is 19.5 Å². The first-order valence-corrected chi connectivity index (χ1v) is 6.78. The number of ether oxygens (including phenoxy) is 1. The molecule has 2 rings (SSSR count). The van der Waals surface area contributed by atoms with Gasteiger partial charge in [0, 0.05) is 5.41 Å². The van der Waals surface area contributed by atoms with Crippen LogP contribution in [0.15, 0.2) is 11.1 Å². The molecule has 0 aliphatic heterocycles. The molecule has 9 nitrogen and oxygen atoms in total. The van der Waals surface area contributed by atoms with Crippen molar-refractivity contribution in [2.75, 3.05) is 18.5 Å². The Morgan fingerprint density at radius 1 is 1.50 bits per heavy atom. The minimum Gasteiger partial charge on any atom is -0.394 e. The van der Waals surface area contributed by atoms with Crippen molar-refractivity contribution in [3.05, 3.63) is 16.7 Å². The van der Waals surface area contributed by atoms with Gasteiger partial charge in [-0.25, -0.2) is 4.98 Å². The van der Waals surface area contributed by atoms with E-state index in [0.717, 1.165) is 0 Å². The van der Waals surface area contributed by atoms with Crippen molar-refractivity contribution in [1.82, 2.24) is 19.5 Å². The fourth-order valence-electron chi connectivity index (χ4n) is 1.63. The molecule has 0 saturated heterocycles. The molecule has 0 spiro atoms. The molecule has 0 unspecified atom stereocenters. The van der Waals surface area contributed by atoms with Crippen LogP contribution in [0.25, 0.3) is 11.2 Å². The number of imidazole rings is 1. The van der Waals surface area contributed by atoms with Gasteiger partial charge in [-0.15, -0.1) is 0 Å². The van der Waals surface area contributed by atoms with E-state index in [4.69, 9.17) is 9.84 Å². The van der Waals surface area contributed by atoms with E-state index in [-0.39, 0.29) is 37.3 Å². The van der Waals surface area contributed by atoms with Crippen LogP contribution >= 0.6 is 0 Å². The molecule has 0 aromatic carbocycles. The molecule has 2 aromatic rings. The van der Waals surface area contributed by atoms with E-state index in [1.165, 1.54) is 10.9 Å². The minimum atomic E-state index is -0.613. The molecular formula is C13H19N5O4. The second kappa shape index (κ2) is 6.24. The Labute approximate surface area is 126 Å². The number of aromatic amines is 1. The van der Waals surface area contributed by atoms with Gasteiger partial charge >= 0.3 is 0 Å². The summed E-state index contributed by atoms with van der Waals surface area (Å²) in [4.78, 5) is 34.6. The number of anilines is 1. The maximum Gasteiger partial charge on any atom is 0.280 e. The van der Waals surface area contributed by atoms with Crippen LogP contribution in [0.4, 0.5) is 5.95 Å². The smallest absolute Gasteiger partial charge is 0.280 e. The summed E-state index contributed by atoms with van der Waals surface area (Å²) in [6.07, 6.45) is 1.42. The fourth-order valence-corrected chi connectivity index (χ4v) is 1.63. The molecule has 22 heavy (non-hydrogen) atoms. The lowest BCUT2D eigenvalue weighted by Crippen LogP contribution is -2.29. The molecule has 0 radical (unpaired) electrons. The largest absolute Gasteiger partial charge is 0.394 e. The highest BCUT2D eigenvalue weighted by Crippen LogP contribution is 2.15. The molecule has 0 atom stereocenters. The predicted octanol–water partition coefficient (Wildman–Crippen LogP) is 0.0706. The number of nitrogens with zero attached hydrogens (tertiary/aromatic N) is 3. The first kappa shape index (κ1) is 16.1. The Balaban J connectivity index is 2.32. The van der Waals surface area contributed by atoms with E-state index < -0.39 is 11.0 Å². The average Bonchev–Trinajstić information content (AvgIpc) is 2.82. The van der Waals surface area contributed by atoms with Gasteiger partial charge < -0.3 is 9.84 Å². The summed E-state index contributed by atoms with van der Waals surface area (Å²) in [5.74, 6) is -0.209. The lowest BCUT2D eigenvalue weighted by atomic mass is 9.96. The Kier molecular flexibility index (Phi) is 4.57.